The molecule has 1 aliphatic rings. The lowest BCUT2D eigenvalue weighted by Gasteiger charge is -2.23. The second-order valence-electron chi connectivity index (χ2n) is 6.95. The average Bonchev–Trinajstić information content (AvgIpc) is 3.18. The van der Waals surface area contributed by atoms with Crippen LogP contribution in [0.25, 0.3) is 0 Å². The Hall–Kier alpha value is -3.47. The lowest BCUT2D eigenvalue weighted by atomic mass is 10.1. The maximum absolute atomic E-state index is 12.8. The molecule has 5 heteroatoms. The van der Waals surface area contributed by atoms with Crippen LogP contribution >= 0.6 is 0 Å². The first-order valence-corrected chi connectivity index (χ1v) is 9.65. The van der Waals surface area contributed by atoms with E-state index in [-0.39, 0.29) is 12.3 Å². The summed E-state index contributed by atoms with van der Waals surface area (Å²) in [6.45, 7) is 0.901. The third kappa shape index (κ3) is 3.90. The van der Waals surface area contributed by atoms with Crippen molar-refractivity contribution in [1.82, 2.24) is 0 Å². The molecule has 0 aliphatic carbocycles. The maximum atomic E-state index is 12.8. The Morgan fingerprint density at radius 2 is 1.72 bits per heavy atom. The molecule has 148 valence electrons. The van der Waals surface area contributed by atoms with Gasteiger partial charge in [-0.15, -0.1) is 0 Å². The molecular formula is C24H24N2O3. The van der Waals surface area contributed by atoms with Gasteiger partial charge in [-0.05, 0) is 36.2 Å². The summed E-state index contributed by atoms with van der Waals surface area (Å²) in [4.78, 5) is 15.1. The Bertz CT molecular complexity index is 1030. The fourth-order valence-electron chi connectivity index (χ4n) is 3.77. The Balaban J connectivity index is 1.55. The molecule has 0 aromatic heterocycles. The quantitative estimate of drug-likeness (QED) is 0.672. The Morgan fingerprint density at radius 3 is 2.52 bits per heavy atom. The predicted octanol–water partition coefficient (Wildman–Crippen LogP) is 4.58. The van der Waals surface area contributed by atoms with Crippen LogP contribution in [0.2, 0.25) is 0 Å². The monoisotopic (exact) mass is 388 g/mol. The smallest absolute Gasteiger partial charge is 0.228 e. The highest BCUT2D eigenvalue weighted by atomic mass is 16.5. The van der Waals surface area contributed by atoms with Gasteiger partial charge < -0.3 is 19.7 Å². The fraction of sp³-hybridized carbons (Fsp3) is 0.208. The molecule has 0 radical (unpaired) electrons. The number of nitrogens with zero attached hydrogens (tertiary/aromatic N) is 1. The van der Waals surface area contributed by atoms with E-state index in [1.165, 1.54) is 11.3 Å². The average molecular weight is 388 g/mol. The van der Waals surface area contributed by atoms with Gasteiger partial charge in [0.05, 0.1) is 32.0 Å². The third-order valence-electron chi connectivity index (χ3n) is 5.20. The normalized spacial score (nSPS) is 12.4. The van der Waals surface area contributed by atoms with E-state index in [9.17, 15) is 4.79 Å². The van der Waals surface area contributed by atoms with Crippen LogP contribution < -0.4 is 19.7 Å². The summed E-state index contributed by atoms with van der Waals surface area (Å²) < 4.78 is 10.6. The molecule has 0 bridgehead atoms. The van der Waals surface area contributed by atoms with Gasteiger partial charge in [0.25, 0.3) is 0 Å². The van der Waals surface area contributed by atoms with Crippen LogP contribution in [0.1, 0.15) is 11.1 Å². The van der Waals surface area contributed by atoms with Crippen LogP contribution in [0.15, 0.2) is 66.7 Å². The topological polar surface area (TPSA) is 50.8 Å². The van der Waals surface area contributed by atoms with Gasteiger partial charge in [0.1, 0.15) is 11.5 Å². The van der Waals surface area contributed by atoms with Gasteiger partial charge in [-0.3, -0.25) is 4.79 Å². The number of methoxy groups -OCH3 is 2. The molecular weight excluding hydrogens is 364 g/mol. The highest BCUT2D eigenvalue weighted by Crippen LogP contribution is 2.38. The van der Waals surface area contributed by atoms with E-state index in [2.05, 4.69) is 28.4 Å². The highest BCUT2D eigenvalue weighted by Gasteiger charge is 2.22. The molecule has 5 nitrogen and oxygen atoms in total. The van der Waals surface area contributed by atoms with Gasteiger partial charge in [-0.1, -0.05) is 36.4 Å². The van der Waals surface area contributed by atoms with Gasteiger partial charge >= 0.3 is 0 Å². The number of nitrogens with one attached hydrogen (secondary N) is 1. The van der Waals surface area contributed by atoms with E-state index < -0.39 is 0 Å². The van der Waals surface area contributed by atoms with Crippen LogP contribution in [-0.4, -0.2) is 26.7 Å². The van der Waals surface area contributed by atoms with Gasteiger partial charge in [-0.25, -0.2) is 0 Å². The predicted molar refractivity (Wildman–Crippen MR) is 115 cm³/mol. The molecule has 3 aromatic rings. The molecule has 0 spiro atoms. The minimum atomic E-state index is -0.0894. The molecule has 29 heavy (non-hydrogen) atoms. The van der Waals surface area contributed by atoms with Crippen molar-refractivity contribution in [2.75, 3.05) is 31.0 Å². The summed E-state index contributed by atoms with van der Waals surface area (Å²) >= 11 is 0. The van der Waals surface area contributed by atoms with Gasteiger partial charge in [0, 0.05) is 23.9 Å². The van der Waals surface area contributed by atoms with Crippen LogP contribution in [0.3, 0.4) is 0 Å². The molecule has 1 N–H and O–H groups in total. The minimum absolute atomic E-state index is 0.0894. The molecule has 1 amide bonds. The van der Waals surface area contributed by atoms with Crippen LogP contribution in [0, 0.1) is 0 Å². The number of hydrogen-bond acceptors (Lipinski definition) is 4. The van der Waals surface area contributed by atoms with Crippen LogP contribution in [0.5, 0.6) is 11.5 Å². The van der Waals surface area contributed by atoms with Crippen molar-refractivity contribution in [1.29, 1.82) is 0 Å². The zero-order valence-corrected chi connectivity index (χ0v) is 16.6. The third-order valence-corrected chi connectivity index (χ3v) is 5.20. The SMILES string of the molecule is COc1ccc(CC(=O)Nc2ccccc2N2CCc3ccccc32)c(OC)c1. The molecule has 3 aromatic carbocycles. The minimum Gasteiger partial charge on any atom is -0.497 e. The van der Waals surface area contributed by atoms with Crippen molar-refractivity contribution in [2.24, 2.45) is 0 Å². The van der Waals surface area contributed by atoms with Gasteiger partial charge in [-0.2, -0.15) is 0 Å². The number of rotatable bonds is 6. The van der Waals surface area contributed by atoms with E-state index in [0.717, 1.165) is 29.9 Å². The lowest BCUT2D eigenvalue weighted by molar-refractivity contribution is -0.115. The molecule has 0 atom stereocenters. The molecule has 4 rings (SSSR count). The first kappa shape index (κ1) is 18.9. The van der Waals surface area contributed by atoms with Crippen molar-refractivity contribution in [2.45, 2.75) is 12.8 Å². The van der Waals surface area contributed by atoms with Gasteiger partial charge in [0.15, 0.2) is 0 Å². The van der Waals surface area contributed by atoms with E-state index in [1.807, 2.05) is 42.5 Å². The molecule has 0 saturated carbocycles. The molecule has 0 saturated heterocycles. The van der Waals surface area contributed by atoms with E-state index in [4.69, 9.17) is 9.47 Å². The standard InChI is InChI=1S/C24H24N2O3/c1-28-19-12-11-18(23(16-19)29-2)15-24(27)25-20-8-4-6-10-22(20)26-14-13-17-7-3-5-9-21(17)26/h3-12,16H,13-15H2,1-2H3,(H,25,27). The Kier molecular flexibility index (Phi) is 5.38. The first-order valence-electron chi connectivity index (χ1n) is 9.65. The van der Waals surface area contributed by atoms with E-state index in [1.54, 1.807) is 20.3 Å². The number of hydrogen-bond donors (Lipinski definition) is 1. The number of ether oxygens (including phenoxy) is 2. The van der Waals surface area contributed by atoms with Crippen LogP contribution in [0.4, 0.5) is 17.1 Å². The largest absolute Gasteiger partial charge is 0.497 e. The summed E-state index contributed by atoms with van der Waals surface area (Å²) in [5, 5.41) is 3.08. The van der Waals surface area contributed by atoms with Crippen molar-refractivity contribution < 1.29 is 14.3 Å². The van der Waals surface area contributed by atoms with Crippen molar-refractivity contribution in [3.8, 4) is 11.5 Å². The second kappa shape index (κ2) is 8.27. The van der Waals surface area contributed by atoms with E-state index >= 15 is 0 Å². The van der Waals surface area contributed by atoms with E-state index in [0.29, 0.717) is 11.5 Å². The summed E-state index contributed by atoms with van der Waals surface area (Å²) in [7, 11) is 3.20. The van der Waals surface area contributed by atoms with Crippen LogP contribution in [-0.2, 0) is 17.6 Å². The van der Waals surface area contributed by atoms with Gasteiger partial charge in [0.2, 0.25) is 5.91 Å². The maximum Gasteiger partial charge on any atom is 0.228 e. The zero-order chi connectivity index (χ0) is 20.2. The summed E-state index contributed by atoms with van der Waals surface area (Å²) in [5.41, 5.74) is 5.16. The summed E-state index contributed by atoms with van der Waals surface area (Å²) in [6, 6.07) is 21.8. The zero-order valence-electron chi connectivity index (χ0n) is 16.6. The first-order chi connectivity index (χ1) is 14.2. The fourth-order valence-corrected chi connectivity index (χ4v) is 3.77. The number of benzene rings is 3. The molecule has 0 unspecified atom stereocenters. The number of amides is 1. The molecule has 1 aliphatic heterocycles. The summed E-state index contributed by atoms with van der Waals surface area (Å²) in [5.74, 6) is 1.25. The number of anilines is 3. The van der Waals surface area contributed by atoms with Crippen molar-refractivity contribution in [3.63, 3.8) is 0 Å². The Labute approximate surface area is 170 Å². The highest BCUT2D eigenvalue weighted by molar-refractivity contribution is 5.97. The molecule has 1 heterocycles. The number of para-hydroxylation sites is 3. The van der Waals surface area contributed by atoms with Crippen molar-refractivity contribution >= 4 is 23.0 Å². The second-order valence-corrected chi connectivity index (χ2v) is 6.95. The van der Waals surface area contributed by atoms with Crippen molar-refractivity contribution in [3.05, 3.63) is 77.9 Å². The molecule has 0 fully saturated rings. The summed E-state index contributed by atoms with van der Waals surface area (Å²) in [6.07, 6.45) is 1.22. The number of fused-ring (bicyclic) bond motifs is 1. The number of carbonyl (C=O) groups excluding carboxylic acids is 1. The lowest BCUT2D eigenvalue weighted by Crippen LogP contribution is -2.19. The number of carbonyl (C=O) groups is 1. The Morgan fingerprint density at radius 1 is 0.966 bits per heavy atom.